The molecule has 0 amide bonds. The Kier molecular flexibility index (Phi) is 3.76. The van der Waals surface area contributed by atoms with E-state index in [1.807, 2.05) is 0 Å². The third kappa shape index (κ3) is 2.76. The summed E-state index contributed by atoms with van der Waals surface area (Å²) in [4.78, 5) is 13.5. The average molecular weight is 254 g/mol. The molecule has 0 saturated heterocycles. The molecule has 8 heteroatoms. The Morgan fingerprint density at radius 3 is 2.35 bits per heavy atom. The normalized spacial score (nSPS) is 11.9. The number of carbonyl (C=O) groups excluding carboxylic acids is 1. The molecule has 0 aliphatic carbocycles. The van der Waals surface area contributed by atoms with Crippen LogP contribution in [-0.4, -0.2) is 11.3 Å². The average Bonchev–Trinajstić information content (AvgIpc) is 2.25. The summed E-state index contributed by atoms with van der Waals surface area (Å²) in [5.74, 6) is 0. The van der Waals surface area contributed by atoms with Gasteiger partial charge in [0.1, 0.15) is 0 Å². The molecule has 1 aromatic rings. The molecule has 17 heavy (non-hydrogen) atoms. The number of carbonyl (C=O) groups is 1. The second-order valence-electron chi connectivity index (χ2n) is 3.09. The number of hydrogen-bond donors (Lipinski definition) is 1. The number of nitrogens with two attached hydrogens (primary N) is 1. The molecule has 0 unspecified atom stereocenters. The number of hydrogen-bond acceptors (Lipinski definition) is 3. The maximum absolute atomic E-state index is 12.5. The largest absolute Gasteiger partial charge is 0.433 e. The molecule has 2 N–H and O–H groups in total. The monoisotopic (exact) mass is 254 g/mol. The lowest BCUT2D eigenvalue weighted by Gasteiger charge is -2.14. The zero-order valence-electron chi connectivity index (χ0n) is 8.26. The van der Waals surface area contributed by atoms with Gasteiger partial charge in [-0.15, -0.1) is 0 Å². The van der Waals surface area contributed by atoms with E-state index in [-0.39, 0.29) is 18.5 Å². The predicted molar refractivity (Wildman–Crippen MR) is 47.5 cm³/mol. The Hall–Kier alpha value is -1.57. The summed E-state index contributed by atoms with van der Waals surface area (Å²) >= 11 is 0. The summed E-state index contributed by atoms with van der Waals surface area (Å²) in [5, 5.41) is 0. The van der Waals surface area contributed by atoms with Crippen molar-refractivity contribution in [2.24, 2.45) is 5.73 Å². The van der Waals surface area contributed by atoms with Crippen LogP contribution in [0.3, 0.4) is 0 Å². The lowest BCUT2D eigenvalue weighted by atomic mass is 10.1. The molecular formula is C9H7F5N2O. The highest BCUT2D eigenvalue weighted by molar-refractivity contribution is 5.78. The molecule has 1 heterocycles. The zero-order chi connectivity index (χ0) is 13.2. The van der Waals surface area contributed by atoms with Crippen LogP contribution in [0.1, 0.15) is 33.7 Å². The Morgan fingerprint density at radius 1 is 1.41 bits per heavy atom. The van der Waals surface area contributed by atoms with Gasteiger partial charge in [0.05, 0.1) is 11.3 Å². The molecule has 0 saturated carbocycles. The van der Waals surface area contributed by atoms with E-state index >= 15 is 0 Å². The van der Waals surface area contributed by atoms with Crippen LogP contribution in [0.5, 0.6) is 0 Å². The van der Waals surface area contributed by atoms with Gasteiger partial charge in [-0.2, -0.15) is 13.2 Å². The molecule has 3 nitrogen and oxygen atoms in total. The maximum atomic E-state index is 12.5. The fourth-order valence-corrected chi connectivity index (χ4v) is 1.28. The van der Waals surface area contributed by atoms with E-state index in [1.165, 1.54) is 0 Å². The molecule has 0 fully saturated rings. The van der Waals surface area contributed by atoms with E-state index in [0.29, 0.717) is 0 Å². The smallest absolute Gasteiger partial charge is 0.325 e. The highest BCUT2D eigenvalue weighted by Crippen LogP contribution is 2.36. The number of pyridine rings is 1. The van der Waals surface area contributed by atoms with Crippen LogP contribution < -0.4 is 5.73 Å². The first-order valence-electron chi connectivity index (χ1n) is 4.35. The Balaban J connectivity index is 3.58. The minimum Gasteiger partial charge on any atom is -0.325 e. The molecule has 0 atom stereocenters. The van der Waals surface area contributed by atoms with Gasteiger partial charge in [0.15, 0.2) is 12.0 Å². The van der Waals surface area contributed by atoms with E-state index in [4.69, 9.17) is 5.73 Å². The van der Waals surface area contributed by atoms with Gasteiger partial charge in [0.2, 0.25) is 0 Å². The number of halogens is 5. The van der Waals surface area contributed by atoms with Crippen molar-refractivity contribution < 1.29 is 26.7 Å². The number of aldehydes is 1. The van der Waals surface area contributed by atoms with Crippen molar-refractivity contribution in [1.82, 2.24) is 4.98 Å². The minimum atomic E-state index is -5.06. The minimum absolute atomic E-state index is 0.0719. The van der Waals surface area contributed by atoms with E-state index < -0.39 is 29.4 Å². The van der Waals surface area contributed by atoms with E-state index in [0.717, 1.165) is 6.07 Å². The fourth-order valence-electron chi connectivity index (χ4n) is 1.28. The molecule has 0 spiro atoms. The van der Waals surface area contributed by atoms with Gasteiger partial charge in [0, 0.05) is 12.1 Å². The van der Waals surface area contributed by atoms with Crippen LogP contribution in [-0.2, 0) is 12.7 Å². The lowest BCUT2D eigenvalue weighted by Crippen LogP contribution is -2.17. The first-order chi connectivity index (χ1) is 7.81. The van der Waals surface area contributed by atoms with Crippen LogP contribution in [0.4, 0.5) is 22.0 Å². The summed E-state index contributed by atoms with van der Waals surface area (Å²) < 4.78 is 62.5. The van der Waals surface area contributed by atoms with Crippen molar-refractivity contribution in [1.29, 1.82) is 0 Å². The van der Waals surface area contributed by atoms with E-state index in [2.05, 4.69) is 4.98 Å². The molecule has 0 aliphatic heterocycles. The second kappa shape index (κ2) is 4.74. The van der Waals surface area contributed by atoms with Gasteiger partial charge in [0.25, 0.3) is 6.43 Å². The van der Waals surface area contributed by atoms with E-state index in [9.17, 15) is 26.7 Å². The third-order valence-electron chi connectivity index (χ3n) is 1.97. The van der Waals surface area contributed by atoms with Crippen LogP contribution >= 0.6 is 0 Å². The molecule has 1 aromatic heterocycles. The first kappa shape index (κ1) is 13.5. The lowest BCUT2D eigenvalue weighted by molar-refractivity contribution is -0.143. The van der Waals surface area contributed by atoms with Crippen LogP contribution in [0.25, 0.3) is 0 Å². The zero-order valence-corrected chi connectivity index (χ0v) is 8.26. The molecule has 0 bridgehead atoms. The van der Waals surface area contributed by atoms with Crippen molar-refractivity contribution in [3.8, 4) is 0 Å². The quantitative estimate of drug-likeness (QED) is 0.665. The number of aromatic nitrogens is 1. The summed E-state index contributed by atoms with van der Waals surface area (Å²) in [6.07, 6.45) is -8.57. The fraction of sp³-hybridized carbons (Fsp3) is 0.333. The Morgan fingerprint density at radius 2 is 2.00 bits per heavy atom. The van der Waals surface area contributed by atoms with Gasteiger partial charge < -0.3 is 5.73 Å². The summed E-state index contributed by atoms with van der Waals surface area (Å²) in [5.41, 5.74) is 0.878. The number of rotatable bonds is 3. The highest BCUT2D eigenvalue weighted by atomic mass is 19.4. The summed E-state index contributed by atoms with van der Waals surface area (Å²) in [6.45, 7) is -0.382. The molecule has 1 rings (SSSR count). The summed E-state index contributed by atoms with van der Waals surface area (Å²) in [6, 6.07) is 0.823. The molecular weight excluding hydrogens is 247 g/mol. The van der Waals surface area contributed by atoms with Gasteiger partial charge in [-0.3, -0.25) is 4.79 Å². The van der Waals surface area contributed by atoms with Crippen LogP contribution in [0.2, 0.25) is 0 Å². The standard InChI is InChI=1S/C9H7F5N2O/c10-8(11)6-4(3-17)1-5(2-15)16-7(6)9(12,13)14/h1,3,8H,2,15H2. The first-order valence-corrected chi connectivity index (χ1v) is 4.35. The second-order valence-corrected chi connectivity index (χ2v) is 3.09. The Labute approximate surface area is 92.4 Å². The van der Waals surface area contributed by atoms with Crippen molar-refractivity contribution in [3.63, 3.8) is 0 Å². The number of nitrogens with zero attached hydrogens (tertiary/aromatic N) is 1. The topological polar surface area (TPSA) is 56.0 Å². The highest BCUT2D eigenvalue weighted by Gasteiger charge is 2.39. The van der Waals surface area contributed by atoms with Crippen LogP contribution in [0, 0.1) is 0 Å². The molecule has 0 aliphatic rings. The summed E-state index contributed by atoms with van der Waals surface area (Å²) in [7, 11) is 0. The van der Waals surface area contributed by atoms with Crippen LogP contribution in [0.15, 0.2) is 6.07 Å². The third-order valence-corrected chi connectivity index (χ3v) is 1.97. The van der Waals surface area contributed by atoms with Gasteiger partial charge >= 0.3 is 6.18 Å². The number of alkyl halides is 5. The van der Waals surface area contributed by atoms with E-state index in [1.54, 1.807) is 0 Å². The van der Waals surface area contributed by atoms with Gasteiger partial charge in [-0.1, -0.05) is 0 Å². The SMILES string of the molecule is NCc1cc(C=O)c(C(F)F)c(C(F)(F)F)n1. The van der Waals surface area contributed by atoms with Gasteiger partial charge in [-0.05, 0) is 6.07 Å². The Bertz CT molecular complexity index is 430. The van der Waals surface area contributed by atoms with Crippen molar-refractivity contribution in [2.75, 3.05) is 0 Å². The predicted octanol–water partition coefficient (Wildman–Crippen LogP) is 2.31. The molecule has 0 radical (unpaired) electrons. The van der Waals surface area contributed by atoms with Crippen molar-refractivity contribution >= 4 is 6.29 Å². The maximum Gasteiger partial charge on any atom is 0.433 e. The van der Waals surface area contributed by atoms with Gasteiger partial charge in [-0.25, -0.2) is 13.8 Å². The van der Waals surface area contributed by atoms with Crippen molar-refractivity contribution in [3.05, 3.63) is 28.6 Å². The molecule has 94 valence electrons. The van der Waals surface area contributed by atoms with Crippen molar-refractivity contribution in [2.45, 2.75) is 19.1 Å². The molecule has 0 aromatic carbocycles.